The lowest BCUT2D eigenvalue weighted by molar-refractivity contribution is 0.0808. The largest absolute Gasteiger partial charge is 0.465 e. The standard InChI is InChI=1S/C18H24O3Si/c1-17(2,3)22-21-18(4,5)16-11-15(19)14(12-20-16)13-9-7-6-8-10-13/h6-12H,22H2,1-5H3. The minimum Gasteiger partial charge on any atom is -0.465 e. The number of rotatable bonds is 4. The number of benzene rings is 1. The average molecular weight is 316 g/mol. The highest BCUT2D eigenvalue weighted by Gasteiger charge is 2.27. The molecule has 0 aliphatic carbocycles. The van der Waals surface area contributed by atoms with Crippen LogP contribution in [0.25, 0.3) is 11.1 Å². The van der Waals surface area contributed by atoms with Crippen LogP contribution in [0, 0.1) is 0 Å². The Hall–Kier alpha value is -1.65. The highest BCUT2D eigenvalue weighted by atomic mass is 28.2. The number of hydrogen-bond donors (Lipinski definition) is 0. The predicted molar refractivity (Wildman–Crippen MR) is 92.8 cm³/mol. The van der Waals surface area contributed by atoms with E-state index in [1.165, 1.54) is 6.26 Å². The topological polar surface area (TPSA) is 39.4 Å². The summed E-state index contributed by atoms with van der Waals surface area (Å²) in [6, 6.07) is 11.1. The van der Waals surface area contributed by atoms with Gasteiger partial charge in [0.25, 0.3) is 0 Å². The molecule has 0 unspecified atom stereocenters. The molecule has 0 amide bonds. The van der Waals surface area contributed by atoms with Crippen molar-refractivity contribution < 1.29 is 8.84 Å². The Morgan fingerprint density at radius 2 is 1.68 bits per heavy atom. The van der Waals surface area contributed by atoms with Gasteiger partial charge in [0.15, 0.2) is 15.2 Å². The second kappa shape index (κ2) is 6.22. The van der Waals surface area contributed by atoms with E-state index in [0.717, 1.165) is 5.56 Å². The van der Waals surface area contributed by atoms with Gasteiger partial charge in [0.1, 0.15) is 17.6 Å². The van der Waals surface area contributed by atoms with Crippen LogP contribution < -0.4 is 5.43 Å². The van der Waals surface area contributed by atoms with E-state index in [9.17, 15) is 4.79 Å². The van der Waals surface area contributed by atoms with Crippen molar-refractivity contribution >= 4 is 9.76 Å². The Kier molecular flexibility index (Phi) is 4.73. The zero-order chi connectivity index (χ0) is 16.4. The molecular weight excluding hydrogens is 292 g/mol. The maximum absolute atomic E-state index is 12.4. The van der Waals surface area contributed by atoms with Crippen molar-refractivity contribution in [3.05, 3.63) is 58.6 Å². The fourth-order valence-electron chi connectivity index (χ4n) is 2.02. The van der Waals surface area contributed by atoms with E-state index >= 15 is 0 Å². The van der Waals surface area contributed by atoms with Gasteiger partial charge in [0.05, 0.1) is 5.56 Å². The highest BCUT2D eigenvalue weighted by Crippen LogP contribution is 2.29. The molecule has 0 atom stereocenters. The Balaban J connectivity index is 2.27. The summed E-state index contributed by atoms with van der Waals surface area (Å²) in [7, 11) is -0.733. The van der Waals surface area contributed by atoms with Gasteiger partial charge in [-0.05, 0) is 24.4 Å². The van der Waals surface area contributed by atoms with Gasteiger partial charge in [-0.2, -0.15) is 0 Å². The highest BCUT2D eigenvalue weighted by molar-refractivity contribution is 6.31. The summed E-state index contributed by atoms with van der Waals surface area (Å²) in [6.07, 6.45) is 1.54. The summed E-state index contributed by atoms with van der Waals surface area (Å²) in [4.78, 5) is 12.4. The molecule has 118 valence electrons. The third-order valence-corrected chi connectivity index (χ3v) is 5.11. The van der Waals surface area contributed by atoms with Crippen LogP contribution in [0.4, 0.5) is 0 Å². The van der Waals surface area contributed by atoms with Crippen molar-refractivity contribution in [1.82, 2.24) is 0 Å². The van der Waals surface area contributed by atoms with Gasteiger partial charge in [-0.3, -0.25) is 4.79 Å². The molecule has 1 aromatic carbocycles. The Morgan fingerprint density at radius 3 is 2.23 bits per heavy atom. The molecule has 0 saturated heterocycles. The summed E-state index contributed by atoms with van der Waals surface area (Å²) in [5.74, 6) is 0.578. The van der Waals surface area contributed by atoms with Crippen LogP contribution in [0.1, 0.15) is 40.4 Å². The smallest absolute Gasteiger partial charge is 0.193 e. The Bertz CT molecular complexity index is 681. The lowest BCUT2D eigenvalue weighted by Crippen LogP contribution is -2.28. The van der Waals surface area contributed by atoms with E-state index in [4.69, 9.17) is 8.84 Å². The van der Waals surface area contributed by atoms with E-state index in [1.807, 2.05) is 44.2 Å². The zero-order valence-electron chi connectivity index (χ0n) is 14.0. The Labute approximate surface area is 134 Å². The molecule has 0 saturated carbocycles. The van der Waals surface area contributed by atoms with Crippen molar-refractivity contribution in [2.75, 3.05) is 0 Å². The van der Waals surface area contributed by atoms with Gasteiger partial charge in [-0.1, -0.05) is 51.1 Å². The van der Waals surface area contributed by atoms with Gasteiger partial charge in [-0.25, -0.2) is 0 Å². The fraction of sp³-hybridized carbons (Fsp3) is 0.389. The first-order valence-corrected chi connectivity index (χ1v) is 8.80. The van der Waals surface area contributed by atoms with Crippen molar-refractivity contribution in [2.45, 2.75) is 45.3 Å². The first-order valence-electron chi connectivity index (χ1n) is 7.52. The van der Waals surface area contributed by atoms with Crippen molar-refractivity contribution in [3.8, 4) is 11.1 Å². The van der Waals surface area contributed by atoms with Crippen molar-refractivity contribution in [2.24, 2.45) is 0 Å². The minimum absolute atomic E-state index is 0.0402. The van der Waals surface area contributed by atoms with Crippen molar-refractivity contribution in [3.63, 3.8) is 0 Å². The van der Waals surface area contributed by atoms with Gasteiger partial charge >= 0.3 is 0 Å². The van der Waals surface area contributed by atoms with Crippen LogP contribution >= 0.6 is 0 Å². The quantitative estimate of drug-likeness (QED) is 0.804. The van der Waals surface area contributed by atoms with E-state index in [2.05, 4.69) is 20.8 Å². The lowest BCUT2D eigenvalue weighted by Gasteiger charge is -2.28. The fourth-order valence-corrected chi connectivity index (χ4v) is 2.96. The summed E-state index contributed by atoms with van der Waals surface area (Å²) in [6.45, 7) is 10.4. The first kappa shape index (κ1) is 16.7. The first-order chi connectivity index (χ1) is 10.2. The van der Waals surface area contributed by atoms with E-state index in [1.54, 1.807) is 6.07 Å². The van der Waals surface area contributed by atoms with Gasteiger partial charge in [-0.15, -0.1) is 0 Å². The number of hydrogen-bond acceptors (Lipinski definition) is 3. The molecule has 0 aliphatic heterocycles. The maximum atomic E-state index is 12.4. The van der Waals surface area contributed by atoms with E-state index in [0.29, 0.717) is 11.3 Å². The van der Waals surface area contributed by atoms with Crippen LogP contribution in [-0.4, -0.2) is 9.76 Å². The summed E-state index contributed by atoms with van der Waals surface area (Å²) >= 11 is 0. The molecule has 2 aromatic rings. The molecule has 4 heteroatoms. The van der Waals surface area contributed by atoms with Gasteiger partial charge in [0, 0.05) is 6.07 Å². The van der Waals surface area contributed by atoms with Crippen molar-refractivity contribution in [1.29, 1.82) is 0 Å². The van der Waals surface area contributed by atoms with Gasteiger partial charge < -0.3 is 8.84 Å². The monoisotopic (exact) mass is 316 g/mol. The molecule has 2 rings (SSSR count). The molecule has 0 radical (unpaired) electrons. The van der Waals surface area contributed by atoms with E-state index < -0.39 is 15.4 Å². The molecule has 0 spiro atoms. The molecule has 0 aliphatic rings. The summed E-state index contributed by atoms with van der Waals surface area (Å²) in [5.41, 5.74) is 0.828. The van der Waals surface area contributed by atoms with Crippen LogP contribution in [0.2, 0.25) is 5.04 Å². The molecule has 1 heterocycles. The third-order valence-electron chi connectivity index (χ3n) is 3.38. The van der Waals surface area contributed by atoms with Crippen LogP contribution in [0.3, 0.4) is 0 Å². The third kappa shape index (κ3) is 4.18. The summed E-state index contributed by atoms with van der Waals surface area (Å²) in [5, 5.41) is 0.196. The molecule has 0 N–H and O–H groups in total. The molecule has 1 aromatic heterocycles. The lowest BCUT2D eigenvalue weighted by atomic mass is 10.0. The maximum Gasteiger partial charge on any atom is 0.193 e. The predicted octanol–water partition coefficient (Wildman–Crippen LogP) is 3.86. The molecule has 22 heavy (non-hydrogen) atoms. The average Bonchev–Trinajstić information content (AvgIpc) is 2.45. The Morgan fingerprint density at radius 1 is 1.05 bits per heavy atom. The molecule has 0 bridgehead atoms. The molecule has 3 nitrogen and oxygen atoms in total. The van der Waals surface area contributed by atoms with Crippen LogP contribution in [-0.2, 0) is 10.0 Å². The van der Waals surface area contributed by atoms with Gasteiger partial charge in [0.2, 0.25) is 0 Å². The minimum atomic E-state index is -0.733. The SMILES string of the molecule is CC(C)(C)[SiH2]OC(C)(C)c1cc(=O)c(-c2ccccc2)co1. The second-order valence-electron chi connectivity index (χ2n) is 7.25. The summed E-state index contributed by atoms with van der Waals surface area (Å²) < 4.78 is 11.8. The second-order valence-corrected chi connectivity index (χ2v) is 9.95. The van der Waals surface area contributed by atoms with E-state index in [-0.39, 0.29) is 10.5 Å². The normalized spacial score (nSPS) is 13.0. The van der Waals surface area contributed by atoms with Crippen LogP contribution in [0.15, 0.2) is 51.9 Å². The van der Waals surface area contributed by atoms with Crippen LogP contribution in [0.5, 0.6) is 0 Å². The zero-order valence-corrected chi connectivity index (χ0v) is 15.4. The molecular formula is C18H24O3Si. The molecule has 0 fully saturated rings.